The third kappa shape index (κ3) is 3.82. The van der Waals surface area contributed by atoms with E-state index in [1.165, 1.54) is 6.39 Å². The van der Waals surface area contributed by atoms with Gasteiger partial charge in [-0.1, -0.05) is 13.0 Å². The number of benzene rings is 1. The molecule has 2 N–H and O–H groups in total. The van der Waals surface area contributed by atoms with E-state index in [-0.39, 0.29) is 18.5 Å². The summed E-state index contributed by atoms with van der Waals surface area (Å²) in [5.41, 5.74) is 2.29. The SMILES string of the molecule is CCC(CC#N)NC(=O)Nc1cc(-c2nnco2)ccc1C. The van der Waals surface area contributed by atoms with Crippen LogP contribution in [0.3, 0.4) is 0 Å². The number of aromatic nitrogens is 2. The van der Waals surface area contributed by atoms with Crippen molar-refractivity contribution < 1.29 is 9.21 Å². The highest BCUT2D eigenvalue weighted by molar-refractivity contribution is 5.91. The molecule has 1 aromatic heterocycles. The molecule has 0 aliphatic heterocycles. The number of amides is 2. The molecule has 1 heterocycles. The zero-order valence-corrected chi connectivity index (χ0v) is 12.5. The van der Waals surface area contributed by atoms with E-state index < -0.39 is 0 Å². The first-order chi connectivity index (χ1) is 10.6. The number of nitrogens with one attached hydrogen (secondary N) is 2. The van der Waals surface area contributed by atoms with Crippen molar-refractivity contribution in [2.75, 3.05) is 5.32 Å². The van der Waals surface area contributed by atoms with Crippen molar-refractivity contribution in [3.63, 3.8) is 0 Å². The third-order valence-electron chi connectivity index (χ3n) is 3.26. The average Bonchev–Trinajstić information content (AvgIpc) is 3.03. The molecule has 0 saturated carbocycles. The number of carbonyl (C=O) groups excluding carboxylic acids is 1. The lowest BCUT2D eigenvalue weighted by atomic mass is 10.1. The predicted octanol–water partition coefficient (Wildman–Crippen LogP) is 2.86. The first-order valence-electron chi connectivity index (χ1n) is 6.95. The number of hydrogen-bond acceptors (Lipinski definition) is 5. The second kappa shape index (κ2) is 7.22. The van der Waals surface area contributed by atoms with Crippen LogP contribution in [0, 0.1) is 18.3 Å². The Bertz CT molecular complexity index is 676. The normalized spacial score (nSPS) is 11.5. The number of anilines is 1. The van der Waals surface area contributed by atoms with Gasteiger partial charge < -0.3 is 15.1 Å². The zero-order chi connectivity index (χ0) is 15.9. The Morgan fingerprint density at radius 3 is 2.95 bits per heavy atom. The second-order valence-electron chi connectivity index (χ2n) is 4.84. The van der Waals surface area contributed by atoms with Crippen molar-refractivity contribution in [2.45, 2.75) is 32.7 Å². The molecular formula is C15H17N5O2. The number of nitriles is 1. The van der Waals surface area contributed by atoms with Crippen LogP contribution in [-0.4, -0.2) is 22.3 Å². The van der Waals surface area contributed by atoms with Crippen LogP contribution in [-0.2, 0) is 0 Å². The van der Waals surface area contributed by atoms with Gasteiger partial charge in [0.05, 0.1) is 12.5 Å². The van der Waals surface area contributed by atoms with Gasteiger partial charge in [-0.2, -0.15) is 5.26 Å². The van der Waals surface area contributed by atoms with Crippen LogP contribution in [0.1, 0.15) is 25.3 Å². The molecule has 0 aliphatic carbocycles. The van der Waals surface area contributed by atoms with Gasteiger partial charge >= 0.3 is 6.03 Å². The van der Waals surface area contributed by atoms with Crippen LogP contribution in [0.4, 0.5) is 10.5 Å². The smallest absolute Gasteiger partial charge is 0.319 e. The van der Waals surface area contributed by atoms with E-state index in [0.29, 0.717) is 18.0 Å². The van der Waals surface area contributed by atoms with Crippen molar-refractivity contribution in [1.29, 1.82) is 5.26 Å². The molecule has 2 rings (SSSR count). The summed E-state index contributed by atoms with van der Waals surface area (Å²) in [7, 11) is 0. The van der Waals surface area contributed by atoms with Crippen molar-refractivity contribution >= 4 is 11.7 Å². The van der Waals surface area contributed by atoms with Crippen LogP contribution in [0.25, 0.3) is 11.5 Å². The molecule has 7 heteroatoms. The quantitative estimate of drug-likeness (QED) is 0.883. The van der Waals surface area contributed by atoms with Gasteiger partial charge in [0.2, 0.25) is 12.3 Å². The molecule has 1 unspecified atom stereocenters. The summed E-state index contributed by atoms with van der Waals surface area (Å²) in [6.45, 7) is 3.81. The molecule has 0 saturated heterocycles. The summed E-state index contributed by atoms with van der Waals surface area (Å²) < 4.78 is 5.15. The number of urea groups is 1. The Balaban J connectivity index is 2.10. The molecule has 1 atom stereocenters. The molecule has 0 fully saturated rings. The van der Waals surface area contributed by atoms with Crippen LogP contribution in [0.5, 0.6) is 0 Å². The molecule has 0 bridgehead atoms. The predicted molar refractivity (Wildman–Crippen MR) is 80.9 cm³/mol. The summed E-state index contributed by atoms with van der Waals surface area (Å²) in [5, 5.41) is 21.7. The van der Waals surface area contributed by atoms with Crippen LogP contribution < -0.4 is 10.6 Å². The Kier molecular flexibility index (Phi) is 5.09. The molecule has 7 nitrogen and oxygen atoms in total. The summed E-state index contributed by atoms with van der Waals surface area (Å²) in [6, 6.07) is 7.03. The second-order valence-corrected chi connectivity index (χ2v) is 4.84. The standard InChI is InChI=1S/C15H17N5O2/c1-3-12(6-7-16)18-15(21)19-13-8-11(5-4-10(13)2)14-20-17-9-22-14/h4-5,8-9,12H,3,6H2,1-2H3,(H2,18,19,21). The fourth-order valence-corrected chi connectivity index (χ4v) is 1.94. The van der Waals surface area contributed by atoms with Crippen molar-refractivity contribution in [3.8, 4) is 17.5 Å². The Hall–Kier alpha value is -2.88. The van der Waals surface area contributed by atoms with Crippen LogP contribution >= 0.6 is 0 Å². The molecule has 2 amide bonds. The van der Waals surface area contributed by atoms with E-state index in [1.54, 1.807) is 6.07 Å². The highest BCUT2D eigenvalue weighted by Crippen LogP contribution is 2.23. The molecule has 1 aromatic carbocycles. The van der Waals surface area contributed by atoms with Gasteiger partial charge in [-0.25, -0.2) is 4.79 Å². The number of aryl methyl sites for hydroxylation is 1. The minimum Gasteiger partial charge on any atom is -0.423 e. The average molecular weight is 299 g/mol. The largest absolute Gasteiger partial charge is 0.423 e. The highest BCUT2D eigenvalue weighted by Gasteiger charge is 2.12. The first-order valence-corrected chi connectivity index (χ1v) is 6.95. The van der Waals surface area contributed by atoms with Gasteiger partial charge in [0.15, 0.2) is 0 Å². The first kappa shape index (κ1) is 15.5. The molecule has 114 valence electrons. The Morgan fingerprint density at radius 2 is 2.32 bits per heavy atom. The maximum Gasteiger partial charge on any atom is 0.319 e. The van der Waals surface area contributed by atoms with E-state index in [0.717, 1.165) is 11.1 Å². The van der Waals surface area contributed by atoms with Crippen molar-refractivity contribution in [1.82, 2.24) is 15.5 Å². The van der Waals surface area contributed by atoms with Crippen molar-refractivity contribution in [2.24, 2.45) is 0 Å². The molecule has 2 aromatic rings. The summed E-state index contributed by atoms with van der Waals surface area (Å²) >= 11 is 0. The van der Waals surface area contributed by atoms with E-state index >= 15 is 0 Å². The van der Waals surface area contributed by atoms with Gasteiger partial charge in [-0.05, 0) is 31.0 Å². The number of hydrogen-bond donors (Lipinski definition) is 2. The number of nitrogens with zero attached hydrogens (tertiary/aromatic N) is 3. The fourth-order valence-electron chi connectivity index (χ4n) is 1.94. The summed E-state index contributed by atoms with van der Waals surface area (Å²) in [4.78, 5) is 12.0. The highest BCUT2D eigenvalue weighted by atomic mass is 16.4. The van der Waals surface area contributed by atoms with Gasteiger partial charge in [-0.15, -0.1) is 10.2 Å². The van der Waals surface area contributed by atoms with Crippen LogP contribution in [0.15, 0.2) is 29.0 Å². The fraction of sp³-hybridized carbons (Fsp3) is 0.333. The van der Waals surface area contributed by atoms with Gasteiger partial charge in [0.1, 0.15) is 0 Å². The zero-order valence-electron chi connectivity index (χ0n) is 12.5. The molecule has 0 radical (unpaired) electrons. The number of carbonyl (C=O) groups is 1. The molecule has 0 aliphatic rings. The Labute approximate surface area is 128 Å². The summed E-state index contributed by atoms with van der Waals surface area (Å²) in [6.07, 6.45) is 2.23. The minimum atomic E-state index is -0.340. The van der Waals surface area contributed by atoms with Crippen LogP contribution in [0.2, 0.25) is 0 Å². The van der Waals surface area contributed by atoms with Gasteiger partial charge in [-0.3, -0.25) is 0 Å². The lowest BCUT2D eigenvalue weighted by Crippen LogP contribution is -2.37. The Morgan fingerprint density at radius 1 is 1.50 bits per heavy atom. The van der Waals surface area contributed by atoms with Gasteiger partial charge in [0.25, 0.3) is 0 Å². The van der Waals surface area contributed by atoms with Crippen molar-refractivity contribution in [3.05, 3.63) is 30.2 Å². The molecule has 0 spiro atoms. The minimum absolute atomic E-state index is 0.163. The van der Waals surface area contributed by atoms with E-state index in [9.17, 15) is 4.79 Å². The number of rotatable bonds is 5. The van der Waals surface area contributed by atoms with Gasteiger partial charge in [0, 0.05) is 17.3 Å². The third-order valence-corrected chi connectivity index (χ3v) is 3.26. The lowest BCUT2D eigenvalue weighted by molar-refractivity contribution is 0.248. The van der Waals surface area contributed by atoms with E-state index in [4.69, 9.17) is 9.68 Å². The summed E-state index contributed by atoms with van der Waals surface area (Å²) in [5.74, 6) is 0.388. The van der Waals surface area contributed by atoms with E-state index in [2.05, 4.69) is 26.9 Å². The maximum atomic E-state index is 12.0. The molecular weight excluding hydrogens is 282 g/mol. The lowest BCUT2D eigenvalue weighted by Gasteiger charge is -2.15. The molecule has 22 heavy (non-hydrogen) atoms. The maximum absolute atomic E-state index is 12.0. The topological polar surface area (TPSA) is 104 Å². The van der Waals surface area contributed by atoms with E-state index in [1.807, 2.05) is 26.0 Å². The monoisotopic (exact) mass is 299 g/mol.